The normalized spacial score (nSPS) is 10.6. The molecule has 94 valence electrons. The molecule has 0 unspecified atom stereocenters. The third kappa shape index (κ3) is 2.23. The van der Waals surface area contributed by atoms with Crippen LogP contribution in [0.1, 0.15) is 5.56 Å². The molecule has 3 aromatic rings. The Balaban J connectivity index is 2.02. The van der Waals surface area contributed by atoms with Crippen LogP contribution in [0, 0.1) is 0 Å². The zero-order valence-corrected chi connectivity index (χ0v) is 10.3. The lowest BCUT2D eigenvalue weighted by Gasteiger charge is -2.04. The highest BCUT2D eigenvalue weighted by Crippen LogP contribution is 2.15. The largest absolute Gasteiger partial charge is 0.326 e. The van der Waals surface area contributed by atoms with E-state index in [0.717, 1.165) is 16.8 Å². The molecule has 19 heavy (non-hydrogen) atoms. The van der Waals surface area contributed by atoms with Crippen molar-refractivity contribution in [2.75, 3.05) is 0 Å². The zero-order valence-electron chi connectivity index (χ0n) is 10.3. The van der Waals surface area contributed by atoms with Gasteiger partial charge in [0.2, 0.25) is 5.82 Å². The molecular weight excluding hydrogens is 238 g/mol. The van der Waals surface area contributed by atoms with Gasteiger partial charge in [0.05, 0.1) is 5.69 Å². The van der Waals surface area contributed by atoms with Gasteiger partial charge < -0.3 is 5.73 Å². The van der Waals surface area contributed by atoms with Gasteiger partial charge in [0.25, 0.3) is 0 Å². The van der Waals surface area contributed by atoms with Crippen molar-refractivity contribution in [3.8, 4) is 17.1 Å². The first-order valence-electron chi connectivity index (χ1n) is 6.02. The molecule has 0 saturated carbocycles. The molecule has 0 bridgehead atoms. The molecule has 2 aromatic carbocycles. The third-order valence-corrected chi connectivity index (χ3v) is 2.87. The summed E-state index contributed by atoms with van der Waals surface area (Å²) in [5.41, 5.74) is 8.51. The maximum absolute atomic E-state index is 5.72. The van der Waals surface area contributed by atoms with Gasteiger partial charge in [-0.3, -0.25) is 0 Å². The summed E-state index contributed by atoms with van der Waals surface area (Å²) < 4.78 is 0. The molecular formula is C14H13N5. The Labute approximate surface area is 110 Å². The molecule has 5 heteroatoms. The van der Waals surface area contributed by atoms with Gasteiger partial charge in [-0.2, -0.15) is 0 Å². The first-order chi connectivity index (χ1) is 9.38. The second-order valence-electron chi connectivity index (χ2n) is 4.10. The second-order valence-corrected chi connectivity index (χ2v) is 4.10. The van der Waals surface area contributed by atoms with Crippen molar-refractivity contribution in [3.63, 3.8) is 0 Å². The van der Waals surface area contributed by atoms with Crippen molar-refractivity contribution in [1.29, 1.82) is 0 Å². The number of nitrogens with two attached hydrogens (primary N) is 1. The van der Waals surface area contributed by atoms with E-state index >= 15 is 0 Å². The minimum Gasteiger partial charge on any atom is -0.326 e. The first-order valence-corrected chi connectivity index (χ1v) is 6.02. The zero-order chi connectivity index (χ0) is 13.1. The average molecular weight is 251 g/mol. The summed E-state index contributed by atoms with van der Waals surface area (Å²) in [5.74, 6) is 0.604. The fourth-order valence-corrected chi connectivity index (χ4v) is 1.90. The molecule has 0 aliphatic carbocycles. The lowest BCUT2D eigenvalue weighted by Crippen LogP contribution is -2.06. The number of rotatable bonds is 3. The van der Waals surface area contributed by atoms with Crippen molar-refractivity contribution < 1.29 is 0 Å². The number of benzene rings is 2. The van der Waals surface area contributed by atoms with E-state index in [1.807, 2.05) is 54.6 Å². The van der Waals surface area contributed by atoms with Gasteiger partial charge in [-0.1, -0.05) is 48.5 Å². The Hall–Kier alpha value is -2.53. The Morgan fingerprint density at radius 3 is 2.47 bits per heavy atom. The van der Waals surface area contributed by atoms with Gasteiger partial charge >= 0.3 is 0 Å². The van der Waals surface area contributed by atoms with E-state index in [-0.39, 0.29) is 0 Å². The quantitative estimate of drug-likeness (QED) is 0.770. The van der Waals surface area contributed by atoms with Gasteiger partial charge in [-0.25, -0.2) is 0 Å². The SMILES string of the molecule is NCc1ccccc1-n1nnc(-c2ccccc2)n1. The molecule has 0 aliphatic rings. The Kier molecular flexibility index (Phi) is 3.04. The highest BCUT2D eigenvalue weighted by Gasteiger charge is 2.09. The van der Waals surface area contributed by atoms with Crippen molar-refractivity contribution in [3.05, 3.63) is 60.2 Å². The summed E-state index contributed by atoms with van der Waals surface area (Å²) in [6.45, 7) is 0.443. The van der Waals surface area contributed by atoms with Gasteiger partial charge in [0.1, 0.15) is 0 Å². The van der Waals surface area contributed by atoms with Crippen LogP contribution >= 0.6 is 0 Å². The van der Waals surface area contributed by atoms with Crippen LogP contribution in [0.5, 0.6) is 0 Å². The van der Waals surface area contributed by atoms with Crippen LogP contribution in [0.2, 0.25) is 0 Å². The predicted molar refractivity (Wildman–Crippen MR) is 72.5 cm³/mol. The Bertz CT molecular complexity index is 675. The molecule has 3 rings (SSSR count). The van der Waals surface area contributed by atoms with E-state index in [9.17, 15) is 0 Å². The molecule has 1 heterocycles. The summed E-state index contributed by atoms with van der Waals surface area (Å²) in [6, 6.07) is 17.5. The average Bonchev–Trinajstić information content (AvgIpc) is 2.98. The Morgan fingerprint density at radius 1 is 0.947 bits per heavy atom. The molecule has 0 atom stereocenters. The molecule has 0 fully saturated rings. The maximum atomic E-state index is 5.72. The van der Waals surface area contributed by atoms with Crippen molar-refractivity contribution in [2.24, 2.45) is 5.73 Å². The lowest BCUT2D eigenvalue weighted by atomic mass is 10.2. The highest BCUT2D eigenvalue weighted by atomic mass is 15.6. The fourth-order valence-electron chi connectivity index (χ4n) is 1.90. The van der Waals surface area contributed by atoms with Crippen LogP contribution in [-0.4, -0.2) is 20.2 Å². The minimum atomic E-state index is 0.443. The molecule has 0 saturated heterocycles. The first kappa shape index (κ1) is 11.6. The summed E-state index contributed by atoms with van der Waals surface area (Å²) in [5, 5.41) is 12.6. The Morgan fingerprint density at radius 2 is 1.68 bits per heavy atom. The number of tetrazole rings is 1. The number of hydrogen-bond donors (Lipinski definition) is 1. The molecule has 0 spiro atoms. The van der Waals surface area contributed by atoms with Gasteiger partial charge in [-0.15, -0.1) is 15.0 Å². The van der Waals surface area contributed by atoms with E-state index in [1.165, 1.54) is 4.80 Å². The van der Waals surface area contributed by atoms with Crippen LogP contribution in [-0.2, 0) is 6.54 Å². The fraction of sp³-hybridized carbons (Fsp3) is 0.0714. The molecule has 0 aliphatic heterocycles. The summed E-state index contributed by atoms with van der Waals surface area (Å²) in [7, 11) is 0. The van der Waals surface area contributed by atoms with Crippen LogP contribution < -0.4 is 5.73 Å². The summed E-state index contributed by atoms with van der Waals surface area (Å²) >= 11 is 0. The second kappa shape index (κ2) is 4.99. The topological polar surface area (TPSA) is 69.6 Å². The van der Waals surface area contributed by atoms with E-state index < -0.39 is 0 Å². The number of para-hydroxylation sites is 1. The minimum absolute atomic E-state index is 0.443. The molecule has 5 nitrogen and oxygen atoms in total. The van der Waals surface area contributed by atoms with Gasteiger partial charge in [-0.05, 0) is 16.8 Å². The van der Waals surface area contributed by atoms with E-state index in [2.05, 4.69) is 15.4 Å². The van der Waals surface area contributed by atoms with Crippen LogP contribution in [0.3, 0.4) is 0 Å². The van der Waals surface area contributed by atoms with Crippen LogP contribution in [0.15, 0.2) is 54.6 Å². The summed E-state index contributed by atoms with van der Waals surface area (Å²) in [6.07, 6.45) is 0. The predicted octanol–water partition coefficient (Wildman–Crippen LogP) is 1.79. The van der Waals surface area contributed by atoms with Crippen molar-refractivity contribution in [2.45, 2.75) is 6.54 Å². The lowest BCUT2D eigenvalue weighted by molar-refractivity contribution is 0.711. The molecule has 0 radical (unpaired) electrons. The maximum Gasteiger partial charge on any atom is 0.205 e. The van der Waals surface area contributed by atoms with Crippen molar-refractivity contribution >= 4 is 0 Å². The van der Waals surface area contributed by atoms with Crippen LogP contribution in [0.4, 0.5) is 0 Å². The summed E-state index contributed by atoms with van der Waals surface area (Å²) in [4.78, 5) is 1.52. The van der Waals surface area contributed by atoms with Crippen molar-refractivity contribution in [1.82, 2.24) is 20.2 Å². The van der Waals surface area contributed by atoms with Crippen LogP contribution in [0.25, 0.3) is 17.1 Å². The monoisotopic (exact) mass is 251 g/mol. The number of nitrogens with zero attached hydrogens (tertiary/aromatic N) is 4. The smallest absolute Gasteiger partial charge is 0.205 e. The molecule has 2 N–H and O–H groups in total. The van der Waals surface area contributed by atoms with Gasteiger partial charge in [0.15, 0.2) is 0 Å². The van der Waals surface area contributed by atoms with E-state index in [4.69, 9.17) is 5.73 Å². The highest BCUT2D eigenvalue weighted by molar-refractivity contribution is 5.53. The number of aromatic nitrogens is 4. The third-order valence-electron chi connectivity index (χ3n) is 2.87. The molecule has 0 amide bonds. The standard InChI is InChI=1S/C14H13N5/c15-10-12-8-4-5-9-13(12)19-17-14(16-18-19)11-6-2-1-3-7-11/h1-9H,10,15H2. The van der Waals surface area contributed by atoms with E-state index in [1.54, 1.807) is 0 Å². The number of hydrogen-bond acceptors (Lipinski definition) is 4. The van der Waals surface area contributed by atoms with Gasteiger partial charge in [0, 0.05) is 12.1 Å². The van der Waals surface area contributed by atoms with E-state index in [0.29, 0.717) is 12.4 Å². The molecule has 1 aromatic heterocycles.